The Morgan fingerprint density at radius 2 is 2.00 bits per heavy atom. The Bertz CT molecular complexity index is 792. The van der Waals surface area contributed by atoms with Crippen molar-refractivity contribution in [3.05, 3.63) is 65.2 Å². The highest BCUT2D eigenvalue weighted by Gasteiger charge is 2.18. The molecule has 1 heterocycles. The summed E-state index contributed by atoms with van der Waals surface area (Å²) in [6.45, 7) is 1.90. The van der Waals surface area contributed by atoms with Gasteiger partial charge in [0.05, 0.1) is 7.11 Å². The molecule has 3 nitrogen and oxygen atoms in total. The van der Waals surface area contributed by atoms with Gasteiger partial charge in [0.25, 0.3) is 0 Å². The van der Waals surface area contributed by atoms with E-state index < -0.39 is 11.9 Å². The summed E-state index contributed by atoms with van der Waals surface area (Å²) < 4.78 is 24.3. The standard InChI is InChI=1S/C17H15FO3/c1-10-8-11(6-7-14(10)20-2)16(19)15-9-12-4-3-5-13(18)17(12)21-15/h3-9,16,19H,1-2H3. The molecule has 0 saturated carbocycles. The summed E-state index contributed by atoms with van der Waals surface area (Å²) in [5.41, 5.74) is 1.75. The second-order valence-electron chi connectivity index (χ2n) is 4.94. The summed E-state index contributed by atoms with van der Waals surface area (Å²) in [6, 6.07) is 11.7. The molecule has 1 unspecified atom stereocenters. The molecule has 21 heavy (non-hydrogen) atoms. The molecule has 0 saturated heterocycles. The van der Waals surface area contributed by atoms with Crippen LogP contribution in [0, 0.1) is 12.7 Å². The van der Waals surface area contributed by atoms with Crippen LogP contribution in [0.1, 0.15) is 23.0 Å². The van der Waals surface area contributed by atoms with E-state index in [-0.39, 0.29) is 5.58 Å². The van der Waals surface area contributed by atoms with Gasteiger partial charge >= 0.3 is 0 Å². The zero-order valence-electron chi connectivity index (χ0n) is 11.8. The summed E-state index contributed by atoms with van der Waals surface area (Å²) in [5, 5.41) is 11.0. The van der Waals surface area contributed by atoms with E-state index in [0.717, 1.165) is 11.3 Å². The summed E-state index contributed by atoms with van der Waals surface area (Å²) in [4.78, 5) is 0. The number of para-hydroxylation sites is 1. The topological polar surface area (TPSA) is 42.6 Å². The van der Waals surface area contributed by atoms with Crippen molar-refractivity contribution in [3.63, 3.8) is 0 Å². The van der Waals surface area contributed by atoms with Crippen LogP contribution in [-0.2, 0) is 0 Å². The number of hydrogen-bond donors (Lipinski definition) is 1. The Hall–Kier alpha value is -2.33. The van der Waals surface area contributed by atoms with E-state index in [9.17, 15) is 9.50 Å². The number of aliphatic hydroxyl groups is 1. The minimum atomic E-state index is -0.943. The summed E-state index contributed by atoms with van der Waals surface area (Å²) in [5.74, 6) is 0.637. The molecule has 0 fully saturated rings. The minimum absolute atomic E-state index is 0.164. The zero-order valence-corrected chi connectivity index (χ0v) is 11.8. The number of aliphatic hydroxyl groups excluding tert-OH is 1. The van der Waals surface area contributed by atoms with Crippen molar-refractivity contribution in [2.75, 3.05) is 7.11 Å². The van der Waals surface area contributed by atoms with Crippen LogP contribution in [0.2, 0.25) is 0 Å². The fourth-order valence-corrected chi connectivity index (χ4v) is 2.42. The average Bonchev–Trinajstić information content (AvgIpc) is 2.92. The Morgan fingerprint density at radius 1 is 1.19 bits per heavy atom. The van der Waals surface area contributed by atoms with Crippen LogP contribution in [0.25, 0.3) is 11.0 Å². The SMILES string of the molecule is COc1ccc(C(O)c2cc3cccc(F)c3o2)cc1C. The largest absolute Gasteiger partial charge is 0.496 e. The van der Waals surface area contributed by atoms with E-state index in [0.29, 0.717) is 16.7 Å². The van der Waals surface area contributed by atoms with E-state index in [1.54, 1.807) is 37.4 Å². The molecule has 1 N–H and O–H groups in total. The quantitative estimate of drug-likeness (QED) is 0.792. The van der Waals surface area contributed by atoms with Gasteiger partial charge in [-0.1, -0.05) is 18.2 Å². The second-order valence-corrected chi connectivity index (χ2v) is 4.94. The molecule has 0 aliphatic rings. The molecular weight excluding hydrogens is 271 g/mol. The van der Waals surface area contributed by atoms with Gasteiger partial charge in [-0.25, -0.2) is 4.39 Å². The Kier molecular flexibility index (Phi) is 3.39. The van der Waals surface area contributed by atoms with Gasteiger partial charge in [-0.3, -0.25) is 0 Å². The van der Waals surface area contributed by atoms with Crippen molar-refractivity contribution >= 4 is 11.0 Å². The number of ether oxygens (including phenoxy) is 1. The number of hydrogen-bond acceptors (Lipinski definition) is 3. The first-order valence-electron chi connectivity index (χ1n) is 6.60. The molecule has 0 spiro atoms. The van der Waals surface area contributed by atoms with Crippen molar-refractivity contribution in [1.82, 2.24) is 0 Å². The molecule has 0 aliphatic carbocycles. The van der Waals surface area contributed by atoms with Gasteiger partial charge in [-0.05, 0) is 42.3 Å². The third-order valence-corrected chi connectivity index (χ3v) is 3.52. The first-order valence-corrected chi connectivity index (χ1v) is 6.60. The molecule has 1 atom stereocenters. The van der Waals surface area contributed by atoms with Gasteiger partial charge in [0.1, 0.15) is 17.6 Å². The minimum Gasteiger partial charge on any atom is -0.496 e. The number of furan rings is 1. The molecule has 0 bridgehead atoms. The summed E-state index contributed by atoms with van der Waals surface area (Å²) in [6.07, 6.45) is -0.943. The fourth-order valence-electron chi connectivity index (χ4n) is 2.42. The molecular formula is C17H15FO3. The second kappa shape index (κ2) is 5.22. The fraction of sp³-hybridized carbons (Fsp3) is 0.176. The Morgan fingerprint density at radius 3 is 2.67 bits per heavy atom. The molecule has 0 amide bonds. The van der Waals surface area contributed by atoms with Gasteiger partial charge in [-0.2, -0.15) is 0 Å². The Balaban J connectivity index is 2.01. The van der Waals surface area contributed by atoms with Gasteiger partial charge in [0.2, 0.25) is 0 Å². The Labute approximate surface area is 121 Å². The first-order chi connectivity index (χ1) is 10.1. The van der Waals surface area contributed by atoms with E-state index in [1.807, 2.05) is 13.0 Å². The highest BCUT2D eigenvalue weighted by molar-refractivity contribution is 5.78. The van der Waals surface area contributed by atoms with Crippen molar-refractivity contribution in [3.8, 4) is 5.75 Å². The predicted molar refractivity (Wildman–Crippen MR) is 78.0 cm³/mol. The van der Waals surface area contributed by atoms with E-state index in [1.165, 1.54) is 6.07 Å². The maximum atomic E-state index is 13.6. The van der Waals surface area contributed by atoms with Crippen molar-refractivity contribution in [2.45, 2.75) is 13.0 Å². The van der Waals surface area contributed by atoms with Crippen molar-refractivity contribution in [1.29, 1.82) is 0 Å². The lowest BCUT2D eigenvalue weighted by atomic mass is 10.0. The molecule has 4 heteroatoms. The van der Waals surface area contributed by atoms with Crippen LogP contribution in [0.3, 0.4) is 0 Å². The lowest BCUT2D eigenvalue weighted by Gasteiger charge is -2.11. The number of halogens is 1. The van der Waals surface area contributed by atoms with E-state index in [2.05, 4.69) is 0 Å². The molecule has 3 aromatic rings. The highest BCUT2D eigenvalue weighted by Crippen LogP contribution is 2.31. The molecule has 3 rings (SSSR count). The number of benzene rings is 2. The number of aryl methyl sites for hydroxylation is 1. The third-order valence-electron chi connectivity index (χ3n) is 3.52. The molecule has 108 valence electrons. The highest BCUT2D eigenvalue weighted by atomic mass is 19.1. The van der Waals surface area contributed by atoms with Crippen LogP contribution < -0.4 is 4.74 Å². The van der Waals surface area contributed by atoms with Gasteiger partial charge in [0, 0.05) is 5.39 Å². The molecule has 0 radical (unpaired) electrons. The van der Waals surface area contributed by atoms with Crippen LogP contribution in [0.5, 0.6) is 5.75 Å². The number of methoxy groups -OCH3 is 1. The number of rotatable bonds is 3. The maximum absolute atomic E-state index is 13.6. The zero-order chi connectivity index (χ0) is 15.0. The maximum Gasteiger partial charge on any atom is 0.170 e. The third kappa shape index (κ3) is 2.38. The normalized spacial score (nSPS) is 12.6. The van der Waals surface area contributed by atoms with Crippen LogP contribution in [0.15, 0.2) is 46.9 Å². The van der Waals surface area contributed by atoms with Crippen LogP contribution in [-0.4, -0.2) is 12.2 Å². The van der Waals surface area contributed by atoms with Gasteiger partial charge in [-0.15, -0.1) is 0 Å². The van der Waals surface area contributed by atoms with Gasteiger partial charge < -0.3 is 14.3 Å². The molecule has 0 aliphatic heterocycles. The first kappa shape index (κ1) is 13.6. The summed E-state index contributed by atoms with van der Waals surface area (Å²) in [7, 11) is 1.60. The van der Waals surface area contributed by atoms with E-state index in [4.69, 9.17) is 9.15 Å². The summed E-state index contributed by atoms with van der Waals surface area (Å²) >= 11 is 0. The molecule has 1 aromatic heterocycles. The monoisotopic (exact) mass is 286 g/mol. The van der Waals surface area contributed by atoms with Gasteiger partial charge in [0.15, 0.2) is 11.4 Å². The average molecular weight is 286 g/mol. The van der Waals surface area contributed by atoms with Crippen molar-refractivity contribution in [2.24, 2.45) is 0 Å². The van der Waals surface area contributed by atoms with Crippen LogP contribution >= 0.6 is 0 Å². The van der Waals surface area contributed by atoms with E-state index >= 15 is 0 Å². The molecule has 2 aromatic carbocycles. The van der Waals surface area contributed by atoms with Crippen molar-refractivity contribution < 1.29 is 18.7 Å². The smallest absolute Gasteiger partial charge is 0.170 e. The predicted octanol–water partition coefficient (Wildman–Crippen LogP) is 3.97. The lowest BCUT2D eigenvalue weighted by Crippen LogP contribution is -1.99. The number of fused-ring (bicyclic) bond motifs is 1. The lowest BCUT2D eigenvalue weighted by molar-refractivity contribution is 0.191. The van der Waals surface area contributed by atoms with Crippen LogP contribution in [0.4, 0.5) is 4.39 Å².